The highest BCUT2D eigenvalue weighted by atomic mass is 16.5. The van der Waals surface area contributed by atoms with Crippen LogP contribution in [0.25, 0.3) is 0 Å². The van der Waals surface area contributed by atoms with Gasteiger partial charge in [-0.25, -0.2) is 0 Å². The Bertz CT molecular complexity index is 407. The van der Waals surface area contributed by atoms with Gasteiger partial charge in [-0.15, -0.1) is 0 Å². The average Bonchev–Trinajstić information content (AvgIpc) is 2.31. The molecule has 1 aromatic carbocycles. The van der Waals surface area contributed by atoms with Crippen molar-refractivity contribution in [3.63, 3.8) is 0 Å². The monoisotopic (exact) mass is 248 g/mol. The third-order valence-electron chi connectivity index (χ3n) is 4.37. The molecule has 18 heavy (non-hydrogen) atoms. The second kappa shape index (κ2) is 5.39. The Hall–Kier alpha value is -0.900. The van der Waals surface area contributed by atoms with Crippen LogP contribution in [0, 0.1) is 13.8 Å². The van der Waals surface area contributed by atoms with Gasteiger partial charge in [0.25, 0.3) is 0 Å². The van der Waals surface area contributed by atoms with E-state index in [1.807, 2.05) is 0 Å². The summed E-state index contributed by atoms with van der Waals surface area (Å²) in [5.74, 6) is 5.75. The number of methoxy groups -OCH3 is 1. The first kappa shape index (κ1) is 13.5. The number of hydrogen-bond acceptors (Lipinski definition) is 3. The molecule has 1 aromatic rings. The fourth-order valence-electron chi connectivity index (χ4n) is 2.86. The Labute approximate surface area is 110 Å². The van der Waals surface area contributed by atoms with E-state index in [1.165, 1.54) is 23.1 Å². The molecule has 2 rings (SSSR count). The molecule has 0 bridgehead atoms. The van der Waals surface area contributed by atoms with Crippen LogP contribution in [-0.2, 0) is 11.2 Å². The van der Waals surface area contributed by atoms with Crippen molar-refractivity contribution in [2.75, 3.05) is 7.11 Å². The lowest BCUT2D eigenvalue weighted by molar-refractivity contribution is -0.0982. The van der Waals surface area contributed by atoms with E-state index in [2.05, 4.69) is 37.5 Å². The average molecular weight is 248 g/mol. The molecule has 1 atom stereocenters. The van der Waals surface area contributed by atoms with Crippen molar-refractivity contribution >= 4 is 0 Å². The summed E-state index contributed by atoms with van der Waals surface area (Å²) >= 11 is 0. The number of aryl methyl sites for hydroxylation is 2. The van der Waals surface area contributed by atoms with Gasteiger partial charge in [-0.3, -0.25) is 11.3 Å². The standard InChI is InChI=1S/C15H24N2O/c1-11-5-6-12(2)13(9-11)10-14(17-16)15(18-3)7-4-8-15/h5-6,9,14,17H,4,7-8,10,16H2,1-3H3. The van der Waals surface area contributed by atoms with E-state index < -0.39 is 0 Å². The molecule has 1 aliphatic carbocycles. The van der Waals surface area contributed by atoms with Crippen molar-refractivity contribution in [2.24, 2.45) is 5.84 Å². The first-order valence-corrected chi connectivity index (χ1v) is 6.69. The lowest BCUT2D eigenvalue weighted by Crippen LogP contribution is -2.59. The normalized spacial score (nSPS) is 19.3. The summed E-state index contributed by atoms with van der Waals surface area (Å²) in [6.45, 7) is 4.28. The third kappa shape index (κ3) is 2.44. The van der Waals surface area contributed by atoms with Crippen LogP contribution in [0.3, 0.4) is 0 Å². The summed E-state index contributed by atoms with van der Waals surface area (Å²) in [7, 11) is 1.80. The molecule has 0 aliphatic heterocycles. The van der Waals surface area contributed by atoms with Gasteiger partial charge in [0.05, 0.1) is 11.6 Å². The molecule has 1 aliphatic rings. The molecule has 0 saturated heterocycles. The number of benzene rings is 1. The molecule has 100 valence electrons. The molecular formula is C15H24N2O. The van der Waals surface area contributed by atoms with E-state index >= 15 is 0 Å². The number of hydrazine groups is 1. The highest BCUT2D eigenvalue weighted by molar-refractivity contribution is 5.31. The minimum atomic E-state index is -0.0645. The summed E-state index contributed by atoms with van der Waals surface area (Å²) in [6.07, 6.45) is 4.36. The third-order valence-corrected chi connectivity index (χ3v) is 4.37. The maximum Gasteiger partial charge on any atom is 0.0847 e. The van der Waals surface area contributed by atoms with Gasteiger partial charge in [0, 0.05) is 7.11 Å². The van der Waals surface area contributed by atoms with Crippen LogP contribution in [0.2, 0.25) is 0 Å². The maximum absolute atomic E-state index is 5.75. The molecule has 1 saturated carbocycles. The quantitative estimate of drug-likeness (QED) is 0.620. The summed E-state index contributed by atoms with van der Waals surface area (Å²) in [5.41, 5.74) is 6.89. The van der Waals surface area contributed by atoms with Crippen LogP contribution in [0.5, 0.6) is 0 Å². The second-order valence-electron chi connectivity index (χ2n) is 5.48. The summed E-state index contributed by atoms with van der Waals surface area (Å²) in [5, 5.41) is 0. The molecular weight excluding hydrogens is 224 g/mol. The number of hydrogen-bond donors (Lipinski definition) is 2. The first-order chi connectivity index (χ1) is 8.61. The predicted octanol–water partition coefficient (Wildman–Crippen LogP) is 2.25. The maximum atomic E-state index is 5.75. The molecule has 0 radical (unpaired) electrons. The van der Waals surface area contributed by atoms with Crippen LogP contribution >= 0.6 is 0 Å². The van der Waals surface area contributed by atoms with Gasteiger partial charge < -0.3 is 4.74 Å². The molecule has 3 N–H and O–H groups in total. The van der Waals surface area contributed by atoms with Crippen molar-refractivity contribution in [2.45, 2.75) is 51.2 Å². The molecule has 3 heteroatoms. The zero-order valence-corrected chi connectivity index (χ0v) is 11.6. The van der Waals surface area contributed by atoms with E-state index in [1.54, 1.807) is 7.11 Å². The number of nitrogens with two attached hydrogens (primary N) is 1. The molecule has 0 heterocycles. The van der Waals surface area contributed by atoms with Crippen molar-refractivity contribution < 1.29 is 4.74 Å². The van der Waals surface area contributed by atoms with Gasteiger partial charge >= 0.3 is 0 Å². The summed E-state index contributed by atoms with van der Waals surface area (Å²) in [4.78, 5) is 0. The number of rotatable bonds is 5. The number of ether oxygens (including phenoxy) is 1. The van der Waals surface area contributed by atoms with Crippen molar-refractivity contribution in [3.05, 3.63) is 34.9 Å². The number of nitrogens with one attached hydrogen (secondary N) is 1. The SMILES string of the molecule is COC1(C(Cc2cc(C)ccc2C)NN)CCC1. The Kier molecular flexibility index (Phi) is 4.05. The van der Waals surface area contributed by atoms with Crippen LogP contribution < -0.4 is 11.3 Å². The van der Waals surface area contributed by atoms with Crippen LogP contribution in [0.15, 0.2) is 18.2 Å². The molecule has 1 unspecified atom stereocenters. The Morgan fingerprint density at radius 1 is 1.39 bits per heavy atom. The van der Waals surface area contributed by atoms with Crippen molar-refractivity contribution in [1.29, 1.82) is 0 Å². The molecule has 0 amide bonds. The van der Waals surface area contributed by atoms with Crippen LogP contribution in [-0.4, -0.2) is 18.8 Å². The van der Waals surface area contributed by atoms with Crippen LogP contribution in [0.4, 0.5) is 0 Å². The van der Waals surface area contributed by atoms with Gasteiger partial charge in [-0.2, -0.15) is 0 Å². The summed E-state index contributed by atoms with van der Waals surface area (Å²) in [6, 6.07) is 6.77. The summed E-state index contributed by atoms with van der Waals surface area (Å²) < 4.78 is 5.73. The molecule has 3 nitrogen and oxygen atoms in total. The Balaban J connectivity index is 2.17. The van der Waals surface area contributed by atoms with E-state index in [9.17, 15) is 0 Å². The smallest absolute Gasteiger partial charge is 0.0847 e. The Morgan fingerprint density at radius 3 is 2.61 bits per heavy atom. The van der Waals surface area contributed by atoms with E-state index in [4.69, 9.17) is 10.6 Å². The van der Waals surface area contributed by atoms with E-state index in [0.717, 1.165) is 19.3 Å². The van der Waals surface area contributed by atoms with Crippen LogP contribution in [0.1, 0.15) is 36.0 Å². The highest BCUT2D eigenvalue weighted by Crippen LogP contribution is 2.39. The van der Waals surface area contributed by atoms with Gasteiger partial charge in [-0.1, -0.05) is 23.8 Å². The van der Waals surface area contributed by atoms with Gasteiger partial charge in [0.2, 0.25) is 0 Å². The predicted molar refractivity (Wildman–Crippen MR) is 74.3 cm³/mol. The van der Waals surface area contributed by atoms with Crippen molar-refractivity contribution in [1.82, 2.24) is 5.43 Å². The minimum Gasteiger partial charge on any atom is -0.377 e. The highest BCUT2D eigenvalue weighted by Gasteiger charge is 2.44. The lowest BCUT2D eigenvalue weighted by atomic mass is 9.72. The molecule has 0 spiro atoms. The van der Waals surface area contributed by atoms with E-state index in [-0.39, 0.29) is 11.6 Å². The fraction of sp³-hybridized carbons (Fsp3) is 0.600. The first-order valence-electron chi connectivity index (χ1n) is 6.69. The topological polar surface area (TPSA) is 47.3 Å². The lowest BCUT2D eigenvalue weighted by Gasteiger charge is -2.46. The van der Waals surface area contributed by atoms with E-state index in [0.29, 0.717) is 0 Å². The van der Waals surface area contributed by atoms with Gasteiger partial charge in [0.1, 0.15) is 0 Å². The largest absolute Gasteiger partial charge is 0.377 e. The van der Waals surface area contributed by atoms with Gasteiger partial charge in [-0.05, 0) is 50.7 Å². The van der Waals surface area contributed by atoms with Gasteiger partial charge in [0.15, 0.2) is 0 Å². The zero-order valence-electron chi connectivity index (χ0n) is 11.6. The zero-order chi connectivity index (χ0) is 13.2. The second-order valence-corrected chi connectivity index (χ2v) is 5.48. The van der Waals surface area contributed by atoms with Crippen molar-refractivity contribution in [3.8, 4) is 0 Å². The Morgan fingerprint density at radius 2 is 2.11 bits per heavy atom. The fourth-order valence-corrected chi connectivity index (χ4v) is 2.86. The minimum absolute atomic E-state index is 0.0645. The molecule has 1 fully saturated rings. The molecule has 0 aromatic heterocycles.